The highest BCUT2D eigenvalue weighted by Gasteiger charge is 2.63. The van der Waals surface area contributed by atoms with Crippen LogP contribution in [0.4, 0.5) is 4.79 Å². The zero-order chi connectivity index (χ0) is 15.5. The Kier molecular flexibility index (Phi) is 2.63. The van der Waals surface area contributed by atoms with Crippen LogP contribution in [0.1, 0.15) is 27.2 Å². The van der Waals surface area contributed by atoms with E-state index >= 15 is 0 Å². The topological polar surface area (TPSA) is 47.4 Å². The van der Waals surface area contributed by atoms with Crippen LogP contribution in [0.2, 0.25) is 0 Å². The van der Waals surface area contributed by atoms with Gasteiger partial charge in [0, 0.05) is 24.4 Å². The van der Waals surface area contributed by atoms with Gasteiger partial charge >= 0.3 is 6.09 Å². The molecule has 0 bridgehead atoms. The number of para-hydroxylation sites is 1. The van der Waals surface area contributed by atoms with Gasteiger partial charge in [-0.15, -0.1) is 0 Å². The summed E-state index contributed by atoms with van der Waals surface area (Å²) >= 11 is 0. The number of hydrogen-bond acceptors (Lipinski definition) is 3. The highest BCUT2D eigenvalue weighted by atomic mass is 16.6. The molecule has 1 aromatic carbocycles. The second-order valence-corrected chi connectivity index (χ2v) is 7.48. The number of aromatic nitrogens is 2. The van der Waals surface area contributed by atoms with Crippen LogP contribution < -0.4 is 0 Å². The predicted molar refractivity (Wildman–Crippen MR) is 83.6 cm³/mol. The van der Waals surface area contributed by atoms with E-state index < -0.39 is 5.60 Å². The van der Waals surface area contributed by atoms with Crippen molar-refractivity contribution in [2.75, 3.05) is 13.1 Å². The van der Waals surface area contributed by atoms with E-state index in [0.717, 1.165) is 23.9 Å². The van der Waals surface area contributed by atoms with E-state index in [2.05, 4.69) is 21.9 Å². The molecule has 2 heterocycles. The number of fused-ring (bicyclic) bond motifs is 2. The highest BCUT2D eigenvalue weighted by molar-refractivity contribution is 5.79. The van der Waals surface area contributed by atoms with Gasteiger partial charge in [-0.05, 0) is 33.3 Å². The summed E-state index contributed by atoms with van der Waals surface area (Å²) in [6, 6.07) is 8.24. The Balaban J connectivity index is 1.59. The van der Waals surface area contributed by atoms with Crippen molar-refractivity contribution in [1.82, 2.24) is 14.7 Å². The van der Waals surface area contributed by atoms with Crippen LogP contribution in [0.25, 0.3) is 10.9 Å². The second-order valence-electron chi connectivity index (χ2n) is 7.48. The van der Waals surface area contributed by atoms with Gasteiger partial charge in [0.1, 0.15) is 5.60 Å². The molecule has 4 rings (SSSR count). The molecular formula is C17H21N3O2. The molecule has 2 aromatic rings. The molecule has 1 aliphatic heterocycles. The molecule has 0 radical (unpaired) electrons. The largest absolute Gasteiger partial charge is 0.444 e. The van der Waals surface area contributed by atoms with Crippen molar-refractivity contribution in [2.45, 2.75) is 38.3 Å². The molecule has 22 heavy (non-hydrogen) atoms. The zero-order valence-electron chi connectivity index (χ0n) is 13.2. The zero-order valence-corrected chi connectivity index (χ0v) is 13.2. The van der Waals surface area contributed by atoms with Crippen LogP contribution in [-0.2, 0) is 10.3 Å². The SMILES string of the molecule is CC(C)(C)OC(=O)N1CC2CC2(n2ncc3ccccc32)C1. The standard InChI is InChI=1S/C17H21N3O2/c1-16(2,3)22-15(21)19-10-13-8-17(13,11-19)20-14-7-5-4-6-12(14)9-18-20/h4-7,9,13H,8,10-11H2,1-3H3. The maximum Gasteiger partial charge on any atom is 0.410 e. The number of nitrogens with zero attached hydrogens (tertiary/aromatic N) is 3. The molecular weight excluding hydrogens is 278 g/mol. The molecule has 2 atom stereocenters. The number of amides is 1. The summed E-state index contributed by atoms with van der Waals surface area (Å²) in [7, 11) is 0. The van der Waals surface area contributed by atoms with Crippen LogP contribution in [0.5, 0.6) is 0 Å². The van der Waals surface area contributed by atoms with E-state index in [9.17, 15) is 4.79 Å². The summed E-state index contributed by atoms with van der Waals surface area (Å²) in [5.74, 6) is 0.489. The van der Waals surface area contributed by atoms with Gasteiger partial charge < -0.3 is 9.64 Å². The molecule has 1 saturated heterocycles. The summed E-state index contributed by atoms with van der Waals surface area (Å²) in [4.78, 5) is 14.1. The Bertz CT molecular complexity index is 746. The Labute approximate surface area is 129 Å². The lowest BCUT2D eigenvalue weighted by molar-refractivity contribution is 0.0262. The first kappa shape index (κ1) is 13.6. The van der Waals surface area contributed by atoms with Gasteiger partial charge in [-0.2, -0.15) is 5.10 Å². The molecule has 2 unspecified atom stereocenters. The van der Waals surface area contributed by atoms with Crippen LogP contribution in [0, 0.1) is 5.92 Å². The van der Waals surface area contributed by atoms with E-state index in [0.29, 0.717) is 12.5 Å². The number of piperidine rings is 1. The molecule has 1 aliphatic carbocycles. The Morgan fingerprint density at radius 2 is 2.14 bits per heavy atom. The van der Waals surface area contributed by atoms with Crippen molar-refractivity contribution in [1.29, 1.82) is 0 Å². The van der Waals surface area contributed by atoms with Gasteiger partial charge in [0.05, 0.1) is 17.3 Å². The van der Waals surface area contributed by atoms with Crippen LogP contribution in [0.3, 0.4) is 0 Å². The first-order chi connectivity index (χ1) is 10.4. The lowest BCUT2D eigenvalue weighted by Crippen LogP contribution is -2.38. The minimum atomic E-state index is -0.449. The van der Waals surface area contributed by atoms with Crippen LogP contribution in [0.15, 0.2) is 30.5 Å². The van der Waals surface area contributed by atoms with Crippen LogP contribution in [-0.4, -0.2) is 39.5 Å². The molecule has 0 N–H and O–H groups in total. The summed E-state index contributed by atoms with van der Waals surface area (Å²) < 4.78 is 7.62. The van der Waals surface area contributed by atoms with E-state index in [1.54, 1.807) is 0 Å². The Morgan fingerprint density at radius 3 is 2.91 bits per heavy atom. The first-order valence-electron chi connectivity index (χ1n) is 7.80. The Morgan fingerprint density at radius 1 is 1.36 bits per heavy atom. The smallest absolute Gasteiger partial charge is 0.410 e. The molecule has 1 aromatic heterocycles. The average Bonchev–Trinajstić information content (AvgIpc) is 2.85. The van der Waals surface area contributed by atoms with Gasteiger partial charge in [-0.3, -0.25) is 4.68 Å². The molecule has 1 saturated carbocycles. The van der Waals surface area contributed by atoms with Crippen molar-refractivity contribution in [2.24, 2.45) is 5.92 Å². The quantitative estimate of drug-likeness (QED) is 0.813. The number of carbonyl (C=O) groups excluding carboxylic acids is 1. The highest BCUT2D eigenvalue weighted by Crippen LogP contribution is 2.56. The summed E-state index contributed by atoms with van der Waals surface area (Å²) in [5.41, 5.74) is 0.672. The molecule has 1 amide bonds. The summed E-state index contributed by atoms with van der Waals surface area (Å²) in [5, 5.41) is 5.75. The van der Waals surface area contributed by atoms with E-state index in [4.69, 9.17) is 4.74 Å². The van der Waals surface area contributed by atoms with Gasteiger partial charge in [0.25, 0.3) is 0 Å². The third-order valence-corrected chi connectivity index (χ3v) is 4.66. The van der Waals surface area contributed by atoms with E-state index in [1.165, 1.54) is 0 Å². The normalized spacial score (nSPS) is 27.0. The maximum absolute atomic E-state index is 12.3. The minimum Gasteiger partial charge on any atom is -0.444 e. The lowest BCUT2D eigenvalue weighted by atomic mass is 10.2. The molecule has 2 fully saturated rings. The van der Waals surface area contributed by atoms with E-state index in [1.807, 2.05) is 44.0 Å². The van der Waals surface area contributed by atoms with Crippen molar-refractivity contribution >= 4 is 17.0 Å². The number of ether oxygens (including phenoxy) is 1. The third-order valence-electron chi connectivity index (χ3n) is 4.66. The maximum atomic E-state index is 12.3. The number of hydrogen-bond donors (Lipinski definition) is 0. The minimum absolute atomic E-state index is 0.0278. The van der Waals surface area contributed by atoms with Crippen LogP contribution >= 0.6 is 0 Å². The molecule has 116 valence electrons. The van der Waals surface area contributed by atoms with Crippen molar-refractivity contribution in [3.63, 3.8) is 0 Å². The number of carbonyl (C=O) groups is 1. The average molecular weight is 299 g/mol. The molecule has 2 aliphatic rings. The van der Waals surface area contributed by atoms with Gasteiger partial charge in [0.15, 0.2) is 0 Å². The first-order valence-corrected chi connectivity index (χ1v) is 7.80. The van der Waals surface area contributed by atoms with Gasteiger partial charge in [-0.1, -0.05) is 18.2 Å². The fraction of sp³-hybridized carbons (Fsp3) is 0.529. The Hall–Kier alpha value is -2.04. The number of rotatable bonds is 1. The molecule has 0 spiro atoms. The number of likely N-dealkylation sites (tertiary alicyclic amines) is 1. The summed E-state index contributed by atoms with van der Waals surface area (Å²) in [6.45, 7) is 7.16. The second kappa shape index (κ2) is 4.24. The van der Waals surface area contributed by atoms with E-state index in [-0.39, 0.29) is 11.6 Å². The van der Waals surface area contributed by atoms with Crippen molar-refractivity contribution in [3.05, 3.63) is 30.5 Å². The third kappa shape index (κ3) is 1.99. The summed E-state index contributed by atoms with van der Waals surface area (Å²) in [6.07, 6.45) is 2.80. The van der Waals surface area contributed by atoms with Gasteiger partial charge in [-0.25, -0.2) is 4.79 Å². The molecule has 5 nitrogen and oxygen atoms in total. The fourth-order valence-corrected chi connectivity index (χ4v) is 3.58. The van der Waals surface area contributed by atoms with Crippen molar-refractivity contribution < 1.29 is 9.53 Å². The lowest BCUT2D eigenvalue weighted by Gasteiger charge is -2.26. The predicted octanol–water partition coefficient (Wildman–Crippen LogP) is 3.00. The molecule has 5 heteroatoms. The van der Waals surface area contributed by atoms with Gasteiger partial charge in [0.2, 0.25) is 0 Å². The van der Waals surface area contributed by atoms with Crippen molar-refractivity contribution in [3.8, 4) is 0 Å². The number of benzene rings is 1. The fourth-order valence-electron chi connectivity index (χ4n) is 3.58. The monoisotopic (exact) mass is 299 g/mol.